The van der Waals surface area contributed by atoms with Gasteiger partial charge in [0.15, 0.2) is 0 Å². The van der Waals surface area contributed by atoms with Crippen molar-refractivity contribution in [3.8, 4) is 0 Å². The van der Waals surface area contributed by atoms with Crippen LogP contribution in [0.5, 0.6) is 0 Å². The predicted octanol–water partition coefficient (Wildman–Crippen LogP) is 8.13. The van der Waals surface area contributed by atoms with Gasteiger partial charge in [0.1, 0.15) is 20.2 Å². The van der Waals surface area contributed by atoms with E-state index in [-0.39, 0.29) is 47.5 Å². The first-order valence-corrected chi connectivity index (χ1v) is 17.8. The summed E-state index contributed by atoms with van der Waals surface area (Å²) in [6, 6.07) is 21.6. The van der Waals surface area contributed by atoms with Gasteiger partial charge in [0.05, 0.1) is 9.79 Å². The van der Waals surface area contributed by atoms with Crippen molar-refractivity contribution in [2.75, 3.05) is 0 Å². The average Bonchev–Trinajstić information content (AvgIpc) is 2.96. The molecule has 4 aromatic rings. The summed E-state index contributed by atoms with van der Waals surface area (Å²) in [5.74, 6) is 0. The molecule has 0 saturated carbocycles. The summed E-state index contributed by atoms with van der Waals surface area (Å²) in [6.45, 7) is 4.32. The number of rotatable bonds is 14. The Morgan fingerprint density at radius 2 is 0.837 bits per heavy atom. The van der Waals surface area contributed by atoms with E-state index in [0.717, 1.165) is 60.1 Å². The summed E-state index contributed by atoms with van der Waals surface area (Å²) in [6.07, 6.45) is 12.3. The van der Waals surface area contributed by atoms with Gasteiger partial charge in [-0.25, -0.2) is 16.8 Å². The topological polar surface area (TPSA) is 114 Å². The zero-order valence-electron chi connectivity index (χ0n) is 25.4. The average molecular weight is 651 g/mol. The maximum Gasteiger partial charge on any atom is 2.00 e. The molecule has 0 N–H and O–H groups in total. The van der Waals surface area contributed by atoms with E-state index in [0.29, 0.717) is 24.0 Å². The molecule has 0 amide bonds. The van der Waals surface area contributed by atoms with Gasteiger partial charge in [0.2, 0.25) is 0 Å². The molecule has 9 heteroatoms. The van der Waals surface area contributed by atoms with Gasteiger partial charge in [-0.1, -0.05) is 126 Å². The Balaban J connectivity index is 0.000000293. The van der Waals surface area contributed by atoms with E-state index in [1.165, 1.54) is 37.8 Å². The molecule has 0 bridgehead atoms. The van der Waals surface area contributed by atoms with Gasteiger partial charge >= 0.3 is 37.7 Å². The number of hydrogen-bond donors (Lipinski definition) is 0. The van der Waals surface area contributed by atoms with Crippen molar-refractivity contribution >= 4 is 79.5 Å². The van der Waals surface area contributed by atoms with E-state index >= 15 is 0 Å². The third-order valence-corrected chi connectivity index (χ3v) is 9.44. The second-order valence-corrected chi connectivity index (χ2v) is 13.5. The van der Waals surface area contributed by atoms with Gasteiger partial charge in [0, 0.05) is 0 Å². The Bertz CT molecular complexity index is 1540. The molecule has 228 valence electrons. The zero-order chi connectivity index (χ0) is 30.6. The Kier molecular flexibility index (Phi) is 16.2. The van der Waals surface area contributed by atoms with Gasteiger partial charge in [-0.05, 0) is 70.5 Å². The normalized spacial score (nSPS) is 11.6. The van der Waals surface area contributed by atoms with Crippen LogP contribution in [0.1, 0.15) is 89.2 Å². The predicted molar refractivity (Wildman–Crippen MR) is 175 cm³/mol. The van der Waals surface area contributed by atoms with Crippen LogP contribution in [-0.4, -0.2) is 63.7 Å². The summed E-state index contributed by atoms with van der Waals surface area (Å²) in [4.78, 5) is -0.117. The molecule has 0 aliphatic heterocycles. The van der Waals surface area contributed by atoms with E-state index in [1.807, 2.05) is 48.5 Å². The first kappa shape index (κ1) is 37.7. The van der Waals surface area contributed by atoms with Crippen molar-refractivity contribution in [3.63, 3.8) is 0 Å². The Morgan fingerprint density at radius 1 is 0.488 bits per heavy atom. The van der Waals surface area contributed by atoms with Crippen molar-refractivity contribution in [2.45, 2.75) is 101 Å². The molecule has 0 heterocycles. The SMILES string of the molecule is CCCCCCCc1c(S(=O)(=O)[O-])ccc2ccccc12.CCCCCCCc1c(S(=O)(=O)[O-])ccc2ccccc12.[Ca+2]. The fourth-order valence-electron chi connectivity index (χ4n) is 5.43. The number of benzene rings is 4. The van der Waals surface area contributed by atoms with Gasteiger partial charge in [-0.2, -0.15) is 0 Å². The molecule has 6 nitrogen and oxygen atoms in total. The van der Waals surface area contributed by atoms with Crippen molar-refractivity contribution in [3.05, 3.63) is 83.9 Å². The Morgan fingerprint density at radius 3 is 1.19 bits per heavy atom. The van der Waals surface area contributed by atoms with Crippen LogP contribution in [0.25, 0.3) is 21.5 Å². The standard InChI is InChI=1S/2C17H22O3S.Ca/c2*1-2-3-4-5-6-11-16-15-10-8-7-9-14(15)12-13-17(16)21(18,19)20;/h2*7-10,12-13H,2-6,11H2,1H3,(H,18,19,20);/q;;+2/p-2. The largest absolute Gasteiger partial charge is 2.00 e. The second kappa shape index (κ2) is 18.4. The molecule has 0 atom stereocenters. The molecule has 4 aromatic carbocycles. The van der Waals surface area contributed by atoms with Crippen molar-refractivity contribution < 1.29 is 25.9 Å². The van der Waals surface area contributed by atoms with Crippen LogP contribution in [0, 0.1) is 0 Å². The van der Waals surface area contributed by atoms with Gasteiger partial charge < -0.3 is 9.11 Å². The maximum absolute atomic E-state index is 11.5. The molecule has 43 heavy (non-hydrogen) atoms. The summed E-state index contributed by atoms with van der Waals surface area (Å²) in [5, 5.41) is 3.72. The third kappa shape index (κ3) is 11.4. The molecular formula is C34H42CaO6S2. The van der Waals surface area contributed by atoms with Gasteiger partial charge in [-0.3, -0.25) is 0 Å². The quantitative estimate of drug-likeness (QED) is 0.0773. The fraction of sp³-hybridized carbons (Fsp3) is 0.412. The summed E-state index contributed by atoms with van der Waals surface area (Å²) >= 11 is 0. The van der Waals surface area contributed by atoms with Crippen molar-refractivity contribution in [1.82, 2.24) is 0 Å². The Hall–Kier alpha value is -1.52. The molecule has 0 aliphatic rings. The second-order valence-electron chi connectivity index (χ2n) is 10.8. The summed E-state index contributed by atoms with van der Waals surface area (Å²) in [5.41, 5.74) is 1.36. The number of unbranched alkanes of at least 4 members (excludes halogenated alkanes) is 8. The van der Waals surface area contributed by atoms with Crippen LogP contribution in [0.2, 0.25) is 0 Å². The minimum Gasteiger partial charge on any atom is -0.744 e. The first-order chi connectivity index (χ1) is 20.1. The van der Waals surface area contributed by atoms with Crippen LogP contribution in [0.15, 0.2) is 82.6 Å². The van der Waals surface area contributed by atoms with Crippen LogP contribution >= 0.6 is 0 Å². The van der Waals surface area contributed by atoms with Crippen LogP contribution in [0.3, 0.4) is 0 Å². The first-order valence-electron chi connectivity index (χ1n) is 15.0. The number of fused-ring (bicyclic) bond motifs is 2. The third-order valence-electron chi connectivity index (χ3n) is 7.59. The van der Waals surface area contributed by atoms with Crippen LogP contribution < -0.4 is 0 Å². The molecule has 0 spiro atoms. The van der Waals surface area contributed by atoms with E-state index in [4.69, 9.17) is 0 Å². The van der Waals surface area contributed by atoms with Crippen LogP contribution in [0.4, 0.5) is 0 Å². The minimum atomic E-state index is -4.42. The summed E-state index contributed by atoms with van der Waals surface area (Å²) in [7, 11) is -8.84. The van der Waals surface area contributed by atoms with Gasteiger partial charge in [-0.15, -0.1) is 0 Å². The molecule has 4 rings (SSSR count). The molecule has 0 aromatic heterocycles. The maximum atomic E-state index is 11.5. The number of aryl methyl sites for hydroxylation is 2. The monoisotopic (exact) mass is 650 g/mol. The number of hydrogen-bond acceptors (Lipinski definition) is 6. The molecule has 0 unspecified atom stereocenters. The zero-order valence-corrected chi connectivity index (χ0v) is 29.2. The minimum absolute atomic E-state index is 0. The van der Waals surface area contributed by atoms with Crippen molar-refractivity contribution in [1.29, 1.82) is 0 Å². The Labute approximate surface area is 287 Å². The van der Waals surface area contributed by atoms with Crippen molar-refractivity contribution in [2.24, 2.45) is 0 Å². The molecule has 0 radical (unpaired) electrons. The van der Waals surface area contributed by atoms with E-state index in [1.54, 1.807) is 12.1 Å². The molecular weight excluding hydrogens is 609 g/mol. The molecule has 0 saturated heterocycles. The fourth-order valence-corrected chi connectivity index (χ4v) is 6.92. The molecule has 0 fully saturated rings. The van der Waals surface area contributed by atoms with E-state index in [9.17, 15) is 25.9 Å². The van der Waals surface area contributed by atoms with E-state index in [2.05, 4.69) is 13.8 Å². The van der Waals surface area contributed by atoms with E-state index < -0.39 is 20.2 Å². The summed E-state index contributed by atoms with van der Waals surface area (Å²) < 4.78 is 68.9. The van der Waals surface area contributed by atoms with Crippen LogP contribution in [-0.2, 0) is 33.1 Å². The smallest absolute Gasteiger partial charge is 0.744 e. The van der Waals surface area contributed by atoms with Gasteiger partial charge in [0.25, 0.3) is 0 Å². The molecule has 0 aliphatic carbocycles.